The molecule has 0 aliphatic carbocycles. The molecule has 2 aromatic rings. The minimum atomic E-state index is -0.583. The summed E-state index contributed by atoms with van der Waals surface area (Å²) in [5.74, 6) is 1.22. The molecule has 0 bridgehead atoms. The number of nitrogens with zero attached hydrogens (tertiary/aromatic N) is 1. The Balaban J connectivity index is 1.96. The fraction of sp³-hybridized carbons (Fsp3) is 0.417. The van der Waals surface area contributed by atoms with Crippen molar-refractivity contribution in [1.82, 2.24) is 10.2 Å². The maximum absolute atomic E-state index is 13.0. The van der Waals surface area contributed by atoms with Gasteiger partial charge in [0.15, 0.2) is 0 Å². The van der Waals surface area contributed by atoms with Gasteiger partial charge in [-0.25, -0.2) is 0 Å². The lowest BCUT2D eigenvalue weighted by Crippen LogP contribution is -2.47. The molecule has 168 valence electrons. The first-order valence-corrected chi connectivity index (χ1v) is 10.9. The molecule has 0 radical (unpaired) electrons. The van der Waals surface area contributed by atoms with E-state index in [2.05, 4.69) is 5.32 Å². The number of carbonyl (C=O) groups is 2. The molecule has 31 heavy (non-hydrogen) atoms. The van der Waals surface area contributed by atoms with Gasteiger partial charge in [0.1, 0.15) is 17.5 Å². The van der Waals surface area contributed by atoms with E-state index in [0.717, 1.165) is 23.5 Å². The fourth-order valence-corrected chi connectivity index (χ4v) is 3.25. The second-order valence-corrected chi connectivity index (χ2v) is 7.68. The average Bonchev–Trinajstić information content (AvgIpc) is 2.78. The molecule has 0 unspecified atom stereocenters. The van der Waals surface area contributed by atoms with Crippen LogP contribution in [0.5, 0.6) is 11.5 Å². The van der Waals surface area contributed by atoms with Gasteiger partial charge in [0.2, 0.25) is 11.8 Å². The number of hydrogen-bond acceptors (Lipinski definition) is 4. The number of rotatable bonds is 12. The molecule has 2 aromatic carbocycles. The minimum Gasteiger partial charge on any atom is -0.497 e. The zero-order valence-electron chi connectivity index (χ0n) is 18.4. The van der Waals surface area contributed by atoms with Crippen LogP contribution in [-0.4, -0.2) is 43.0 Å². The summed E-state index contributed by atoms with van der Waals surface area (Å²) in [6.45, 7) is 5.04. The van der Waals surface area contributed by atoms with Gasteiger partial charge in [-0.2, -0.15) is 0 Å². The number of methoxy groups -OCH3 is 1. The molecular formula is C24H31ClN2O4. The van der Waals surface area contributed by atoms with Gasteiger partial charge >= 0.3 is 0 Å². The third kappa shape index (κ3) is 8.13. The van der Waals surface area contributed by atoms with Crippen molar-refractivity contribution in [3.63, 3.8) is 0 Å². The number of amides is 2. The molecule has 0 aliphatic heterocycles. The molecule has 0 spiro atoms. The zero-order valence-corrected chi connectivity index (χ0v) is 19.2. The summed E-state index contributed by atoms with van der Waals surface area (Å²) in [4.78, 5) is 27.1. The van der Waals surface area contributed by atoms with Gasteiger partial charge in [-0.1, -0.05) is 30.7 Å². The highest BCUT2D eigenvalue weighted by atomic mass is 35.5. The number of nitrogens with one attached hydrogen (secondary N) is 1. The molecule has 7 heteroatoms. The van der Waals surface area contributed by atoms with Gasteiger partial charge in [0.25, 0.3) is 0 Å². The van der Waals surface area contributed by atoms with Gasteiger partial charge in [-0.15, -0.1) is 0 Å². The Labute approximate surface area is 189 Å². The van der Waals surface area contributed by atoms with E-state index in [0.29, 0.717) is 31.1 Å². The second-order valence-electron chi connectivity index (χ2n) is 7.25. The molecule has 0 aromatic heterocycles. The first-order chi connectivity index (χ1) is 14.9. The van der Waals surface area contributed by atoms with E-state index in [9.17, 15) is 9.59 Å². The summed E-state index contributed by atoms with van der Waals surface area (Å²) in [7, 11) is 1.61. The van der Waals surface area contributed by atoms with E-state index in [4.69, 9.17) is 21.1 Å². The zero-order chi connectivity index (χ0) is 22.6. The van der Waals surface area contributed by atoms with Crippen molar-refractivity contribution in [3.05, 3.63) is 59.1 Å². The topological polar surface area (TPSA) is 67.9 Å². The van der Waals surface area contributed by atoms with Crippen molar-refractivity contribution >= 4 is 23.4 Å². The van der Waals surface area contributed by atoms with Gasteiger partial charge in [-0.05, 0) is 61.7 Å². The Morgan fingerprint density at radius 1 is 1.13 bits per heavy atom. The summed E-state index contributed by atoms with van der Waals surface area (Å²) >= 11 is 6.09. The maximum Gasteiger partial charge on any atom is 0.242 e. The Bertz CT molecular complexity index is 842. The minimum absolute atomic E-state index is 0.0996. The largest absolute Gasteiger partial charge is 0.497 e. The molecule has 1 atom stereocenters. The maximum atomic E-state index is 13.0. The van der Waals surface area contributed by atoms with Crippen LogP contribution in [0.2, 0.25) is 5.02 Å². The van der Waals surface area contributed by atoms with Crippen molar-refractivity contribution in [2.75, 3.05) is 20.3 Å². The highest BCUT2D eigenvalue weighted by molar-refractivity contribution is 6.30. The monoisotopic (exact) mass is 446 g/mol. The molecule has 0 fully saturated rings. The first-order valence-electron chi connectivity index (χ1n) is 10.5. The van der Waals surface area contributed by atoms with Crippen LogP contribution in [0.4, 0.5) is 0 Å². The van der Waals surface area contributed by atoms with Crippen LogP contribution in [0.25, 0.3) is 0 Å². The fourth-order valence-electron chi connectivity index (χ4n) is 3.04. The molecule has 0 aliphatic rings. The SMILES string of the molecule is CCCNC(=O)[C@H](C)N(Cc1cccc(Cl)c1)C(=O)CCCOc1ccc(OC)cc1. The highest BCUT2D eigenvalue weighted by Crippen LogP contribution is 2.18. The van der Waals surface area contributed by atoms with Crippen LogP contribution in [-0.2, 0) is 16.1 Å². The lowest BCUT2D eigenvalue weighted by atomic mass is 10.1. The molecule has 2 rings (SSSR count). The molecule has 1 N–H and O–H groups in total. The molecule has 6 nitrogen and oxygen atoms in total. The lowest BCUT2D eigenvalue weighted by molar-refractivity contribution is -0.140. The Hall–Kier alpha value is -2.73. The number of halogens is 1. The number of ether oxygens (including phenoxy) is 2. The van der Waals surface area contributed by atoms with Crippen LogP contribution >= 0.6 is 11.6 Å². The van der Waals surface area contributed by atoms with Crippen molar-refractivity contribution in [2.45, 2.75) is 45.7 Å². The van der Waals surface area contributed by atoms with E-state index >= 15 is 0 Å². The summed E-state index contributed by atoms with van der Waals surface area (Å²) in [5, 5.41) is 3.47. The van der Waals surface area contributed by atoms with Crippen LogP contribution in [0.3, 0.4) is 0 Å². The van der Waals surface area contributed by atoms with E-state index < -0.39 is 6.04 Å². The normalized spacial score (nSPS) is 11.5. The number of hydrogen-bond donors (Lipinski definition) is 1. The third-order valence-corrected chi connectivity index (χ3v) is 5.06. The van der Waals surface area contributed by atoms with Crippen LogP contribution in [0.1, 0.15) is 38.7 Å². The van der Waals surface area contributed by atoms with Gasteiger partial charge < -0.3 is 19.7 Å². The van der Waals surface area contributed by atoms with Crippen molar-refractivity contribution in [3.8, 4) is 11.5 Å². The van der Waals surface area contributed by atoms with E-state index in [1.54, 1.807) is 25.0 Å². The van der Waals surface area contributed by atoms with Crippen LogP contribution < -0.4 is 14.8 Å². The summed E-state index contributed by atoms with van der Waals surface area (Å²) in [6.07, 6.45) is 1.66. The van der Waals surface area contributed by atoms with E-state index in [-0.39, 0.29) is 18.2 Å². The quantitative estimate of drug-likeness (QED) is 0.489. The summed E-state index contributed by atoms with van der Waals surface area (Å²) in [5.41, 5.74) is 0.880. The molecule has 0 saturated heterocycles. The predicted octanol–water partition coefficient (Wildman–Crippen LogP) is 4.45. The van der Waals surface area contributed by atoms with Crippen LogP contribution in [0, 0.1) is 0 Å². The summed E-state index contributed by atoms with van der Waals surface area (Å²) in [6, 6.07) is 14.0. The van der Waals surface area contributed by atoms with Gasteiger partial charge in [-0.3, -0.25) is 9.59 Å². The second kappa shape index (κ2) is 12.8. The molecule has 2 amide bonds. The smallest absolute Gasteiger partial charge is 0.242 e. The predicted molar refractivity (Wildman–Crippen MR) is 122 cm³/mol. The van der Waals surface area contributed by atoms with Gasteiger partial charge in [0.05, 0.1) is 13.7 Å². The average molecular weight is 447 g/mol. The standard InChI is InChI=1S/C24H31ClN2O4/c1-4-14-26-24(29)18(2)27(17-19-7-5-8-20(25)16-19)23(28)9-6-15-31-22-12-10-21(30-3)11-13-22/h5,7-8,10-13,16,18H,4,6,9,14-15,17H2,1-3H3,(H,26,29)/t18-/m0/s1. The highest BCUT2D eigenvalue weighted by Gasteiger charge is 2.25. The van der Waals surface area contributed by atoms with E-state index in [1.807, 2.05) is 49.4 Å². The Morgan fingerprint density at radius 3 is 2.48 bits per heavy atom. The summed E-state index contributed by atoms with van der Waals surface area (Å²) < 4.78 is 10.8. The van der Waals surface area contributed by atoms with Crippen molar-refractivity contribution < 1.29 is 19.1 Å². The number of benzene rings is 2. The van der Waals surface area contributed by atoms with Crippen molar-refractivity contribution in [1.29, 1.82) is 0 Å². The van der Waals surface area contributed by atoms with Gasteiger partial charge in [0, 0.05) is 24.5 Å². The molecular weight excluding hydrogens is 416 g/mol. The first kappa shape index (κ1) is 24.5. The van der Waals surface area contributed by atoms with Crippen molar-refractivity contribution in [2.24, 2.45) is 0 Å². The Morgan fingerprint density at radius 2 is 1.84 bits per heavy atom. The Kier molecular flexibility index (Phi) is 10.2. The number of carbonyl (C=O) groups excluding carboxylic acids is 2. The van der Waals surface area contributed by atoms with E-state index in [1.165, 1.54) is 0 Å². The third-order valence-electron chi connectivity index (χ3n) is 4.82. The lowest BCUT2D eigenvalue weighted by Gasteiger charge is -2.29. The van der Waals surface area contributed by atoms with Crippen LogP contribution in [0.15, 0.2) is 48.5 Å². The molecule has 0 saturated carbocycles. The molecule has 0 heterocycles.